The van der Waals surface area contributed by atoms with Crippen LogP contribution in [0.3, 0.4) is 0 Å². The molecule has 0 saturated carbocycles. The van der Waals surface area contributed by atoms with Crippen molar-refractivity contribution < 1.29 is 49.0 Å². The van der Waals surface area contributed by atoms with Crippen LogP contribution >= 0.6 is 0 Å². The van der Waals surface area contributed by atoms with Gasteiger partial charge in [0.2, 0.25) is 0 Å². The van der Waals surface area contributed by atoms with Crippen LogP contribution in [-0.4, -0.2) is 3.21 Å². The summed E-state index contributed by atoms with van der Waals surface area (Å²) in [4.78, 5) is 0. The van der Waals surface area contributed by atoms with E-state index in [0.717, 1.165) is 6.42 Å². The molecule has 0 spiro atoms. The predicted molar refractivity (Wildman–Crippen MR) is 193 cm³/mol. The van der Waals surface area contributed by atoms with Gasteiger partial charge in [-0.15, -0.1) is 33.7 Å². The standard InChI is InChI=1S/C32H33.C13H10.2ClH.Zr/c1-30(2,3)25-16-17-26-23(20-25)21-28-27(26)18-19-32(31(4,5)6,24-14-8-7-9-15-24)29(28)22-12-10-11-13-22;1-3-7-12(8-4-1)11-13-9-5-2-6-10-13;;;/h7-12,14-20H,13H2,1-6H3;1-10H;2*1H;/q-1;;;;+2/p-2. The second-order valence-corrected chi connectivity index (χ2v) is 15.7. The molecule has 0 N–H and O–H groups in total. The fraction of sp³-hybridized carbons (Fsp3) is 0.222. The molecule has 0 radical (unpaired) electrons. The molecule has 7 rings (SSSR count). The first kappa shape index (κ1) is 37.7. The second kappa shape index (κ2) is 15.2. The van der Waals surface area contributed by atoms with Gasteiger partial charge >= 0.3 is 99.2 Å². The van der Waals surface area contributed by atoms with Crippen LogP contribution in [-0.2, 0) is 35.1 Å². The summed E-state index contributed by atoms with van der Waals surface area (Å²) >= 11 is 1.46. The van der Waals surface area contributed by atoms with Gasteiger partial charge in [-0.25, -0.2) is 0 Å². The molecule has 0 nitrogen and oxygen atoms in total. The molecule has 0 aromatic heterocycles. The Kier molecular flexibility index (Phi) is 12.0. The van der Waals surface area contributed by atoms with E-state index in [0.29, 0.717) is 0 Å². The van der Waals surface area contributed by atoms with Gasteiger partial charge in [0.1, 0.15) is 0 Å². The molecule has 3 heteroatoms. The van der Waals surface area contributed by atoms with Crippen LogP contribution in [0.1, 0.15) is 70.2 Å². The van der Waals surface area contributed by atoms with E-state index in [4.69, 9.17) is 0 Å². The zero-order valence-electron chi connectivity index (χ0n) is 28.7. The number of hydrogen-bond donors (Lipinski definition) is 0. The molecule has 1 unspecified atom stereocenters. The fourth-order valence-corrected chi connectivity index (χ4v) is 7.79. The van der Waals surface area contributed by atoms with Gasteiger partial charge in [-0.05, 0) is 22.8 Å². The fourth-order valence-electron chi connectivity index (χ4n) is 6.97. The third-order valence-corrected chi connectivity index (χ3v) is 10.9. The van der Waals surface area contributed by atoms with Gasteiger partial charge in [0.25, 0.3) is 0 Å². The zero-order chi connectivity index (χ0) is 32.5. The van der Waals surface area contributed by atoms with E-state index in [9.17, 15) is 0 Å². The Labute approximate surface area is 314 Å². The molecule has 0 aliphatic heterocycles. The van der Waals surface area contributed by atoms with Gasteiger partial charge in [-0.1, -0.05) is 131 Å². The first-order valence-electron chi connectivity index (χ1n) is 16.3. The third kappa shape index (κ3) is 7.26. The Hall–Kier alpha value is -3.09. The van der Waals surface area contributed by atoms with E-state index in [1.54, 1.807) is 0 Å². The van der Waals surface area contributed by atoms with Crippen LogP contribution in [0.15, 0.2) is 156 Å². The summed E-state index contributed by atoms with van der Waals surface area (Å²) in [5.74, 6) is 0. The molecular formula is C45H43Cl2Zr-. The van der Waals surface area contributed by atoms with E-state index in [2.05, 4.69) is 187 Å². The number of rotatable bonds is 4. The van der Waals surface area contributed by atoms with E-state index in [1.807, 2.05) is 0 Å². The van der Waals surface area contributed by atoms with Gasteiger partial charge in [0.05, 0.1) is 0 Å². The van der Waals surface area contributed by atoms with E-state index < -0.39 is 0 Å². The van der Waals surface area contributed by atoms with Crippen molar-refractivity contribution in [2.45, 2.75) is 58.8 Å². The Balaban J connectivity index is 0.000000274. The number of benzene rings is 4. The molecule has 4 aromatic carbocycles. The molecule has 4 aromatic rings. The Morgan fingerprint density at radius 1 is 0.729 bits per heavy atom. The summed E-state index contributed by atoms with van der Waals surface area (Å²) in [6.07, 6.45) is 16.5. The van der Waals surface area contributed by atoms with Gasteiger partial charge < -0.3 is 24.8 Å². The normalized spacial score (nSPS) is 17.6. The molecule has 0 bridgehead atoms. The zero-order valence-corrected chi connectivity index (χ0v) is 32.7. The molecule has 0 amide bonds. The van der Waals surface area contributed by atoms with Crippen molar-refractivity contribution >= 4 is 14.9 Å². The maximum absolute atomic E-state index is 3.90. The minimum atomic E-state index is -0.215. The predicted octanol–water partition coefficient (Wildman–Crippen LogP) is 3.35. The summed E-state index contributed by atoms with van der Waals surface area (Å²) in [5, 5.41) is 2.54. The molecule has 0 heterocycles. The van der Waals surface area contributed by atoms with Crippen LogP contribution in [0, 0.1) is 5.41 Å². The first-order valence-corrected chi connectivity index (χ1v) is 17.6. The molecule has 242 valence electrons. The Morgan fingerprint density at radius 3 is 1.79 bits per heavy atom. The molecule has 1 atom stereocenters. The van der Waals surface area contributed by atoms with E-state index in [1.165, 1.54) is 82.4 Å². The molecule has 3 aliphatic carbocycles. The van der Waals surface area contributed by atoms with Gasteiger partial charge in [0.15, 0.2) is 0 Å². The summed E-state index contributed by atoms with van der Waals surface area (Å²) < 4.78 is 1.42. The van der Waals surface area contributed by atoms with Crippen molar-refractivity contribution in [1.82, 2.24) is 0 Å². The van der Waals surface area contributed by atoms with E-state index >= 15 is 0 Å². The second-order valence-electron chi connectivity index (χ2n) is 14.5. The molecule has 3 aliphatic rings. The average Bonchev–Trinajstić information content (AvgIpc) is 3.72. The van der Waals surface area contributed by atoms with Gasteiger partial charge in [-0.3, -0.25) is 0 Å². The molecule has 48 heavy (non-hydrogen) atoms. The quantitative estimate of drug-likeness (QED) is 0.282. The van der Waals surface area contributed by atoms with Crippen LogP contribution in [0.4, 0.5) is 0 Å². The van der Waals surface area contributed by atoms with Crippen molar-refractivity contribution in [2.75, 3.05) is 0 Å². The average molecular weight is 746 g/mol. The monoisotopic (exact) mass is 743 g/mol. The van der Waals surface area contributed by atoms with Crippen molar-refractivity contribution in [3.8, 4) is 0 Å². The van der Waals surface area contributed by atoms with Crippen molar-refractivity contribution in [3.63, 3.8) is 0 Å². The van der Waals surface area contributed by atoms with Crippen molar-refractivity contribution in [2.24, 2.45) is 5.41 Å². The van der Waals surface area contributed by atoms with Crippen molar-refractivity contribution in [1.29, 1.82) is 0 Å². The van der Waals surface area contributed by atoms with Crippen molar-refractivity contribution in [3.05, 3.63) is 189 Å². The van der Waals surface area contributed by atoms with Crippen LogP contribution in [0.5, 0.6) is 0 Å². The topological polar surface area (TPSA) is 0 Å². The Bertz CT molecular complexity index is 1980. The first-order chi connectivity index (χ1) is 22.0. The van der Waals surface area contributed by atoms with Crippen LogP contribution in [0.25, 0.3) is 11.6 Å². The molecular weight excluding hydrogens is 703 g/mol. The van der Waals surface area contributed by atoms with Gasteiger partial charge in [-0.2, -0.15) is 0 Å². The summed E-state index contributed by atoms with van der Waals surface area (Å²) in [5.41, 5.74) is 10.7. The third-order valence-electron chi connectivity index (χ3n) is 9.48. The van der Waals surface area contributed by atoms with Crippen LogP contribution in [0.2, 0.25) is 0 Å². The minimum absolute atomic E-state index is 0. The Morgan fingerprint density at radius 2 is 1.29 bits per heavy atom. The number of halogens is 2. The number of allylic oxidation sites excluding steroid dienone is 8. The molecule has 0 fully saturated rings. The molecule has 0 saturated heterocycles. The van der Waals surface area contributed by atoms with Crippen LogP contribution < -0.4 is 35.3 Å². The summed E-state index contributed by atoms with van der Waals surface area (Å²) in [6, 6.07) is 39.1. The number of fused-ring (bicyclic) bond motifs is 2. The summed E-state index contributed by atoms with van der Waals surface area (Å²) in [7, 11) is 0. The SMILES string of the molecule is CC(C)(C)c1ccc2c(c1)=[C-]C1=C(C3=CC=CC3)C(c3ccccc3)(C(C)(C)C)C=CC=21.[Cl-].[Cl-].[Zr+2]=[C](c1ccccc1)c1ccccc1. The maximum atomic E-state index is 3.90. The van der Waals surface area contributed by atoms with E-state index in [-0.39, 0.29) is 41.1 Å². The number of hydrogen-bond acceptors (Lipinski definition) is 0. The summed E-state index contributed by atoms with van der Waals surface area (Å²) in [6.45, 7) is 14.0. The van der Waals surface area contributed by atoms with Gasteiger partial charge in [0, 0.05) is 5.41 Å².